The number of nitrogens with one attached hydrogen (secondary N) is 1. The molecule has 5 rings (SSSR count). The Kier molecular flexibility index (Phi) is 6.08. The van der Waals surface area contributed by atoms with E-state index in [0.717, 1.165) is 54.5 Å². The summed E-state index contributed by atoms with van der Waals surface area (Å²) >= 11 is 0. The normalized spacial score (nSPS) is 14.6. The average Bonchev–Trinajstić information content (AvgIpc) is 3.05. The number of fused-ring (bicyclic) bond motifs is 2. The summed E-state index contributed by atoms with van der Waals surface area (Å²) in [5.41, 5.74) is 2.76. The summed E-state index contributed by atoms with van der Waals surface area (Å²) in [5, 5.41) is 3.00. The maximum atomic E-state index is 13.1. The Bertz CT molecular complexity index is 1230. The first-order valence-electron chi connectivity index (χ1n) is 11.4. The zero-order valence-corrected chi connectivity index (χ0v) is 19.3. The fourth-order valence-corrected chi connectivity index (χ4v) is 4.29. The molecule has 2 aliphatic rings. The number of amides is 1. The number of ether oxygens (including phenoxy) is 3. The van der Waals surface area contributed by atoms with Gasteiger partial charge in [0.25, 0.3) is 5.91 Å². The Morgan fingerprint density at radius 1 is 0.912 bits per heavy atom. The third kappa shape index (κ3) is 4.41. The monoisotopic (exact) mass is 457 g/mol. The van der Waals surface area contributed by atoms with Gasteiger partial charge in [-0.15, -0.1) is 0 Å². The lowest BCUT2D eigenvalue weighted by molar-refractivity contribution is 0.102. The molecule has 34 heavy (non-hydrogen) atoms. The van der Waals surface area contributed by atoms with Crippen LogP contribution in [-0.2, 0) is 0 Å². The summed E-state index contributed by atoms with van der Waals surface area (Å²) in [6, 6.07) is 18.6. The van der Waals surface area contributed by atoms with Gasteiger partial charge in [0.05, 0.1) is 19.8 Å². The third-order valence-corrected chi connectivity index (χ3v) is 6.06. The Balaban J connectivity index is 1.50. The maximum Gasteiger partial charge on any atom is 0.255 e. The molecular weight excluding hydrogens is 430 g/mol. The van der Waals surface area contributed by atoms with E-state index in [1.165, 1.54) is 6.42 Å². The zero-order chi connectivity index (χ0) is 23.5. The highest BCUT2D eigenvalue weighted by atomic mass is 16.5. The van der Waals surface area contributed by atoms with Gasteiger partial charge in [-0.1, -0.05) is 12.1 Å². The molecule has 0 saturated carbocycles. The van der Waals surface area contributed by atoms with Crippen molar-refractivity contribution in [2.45, 2.75) is 19.3 Å². The molecule has 0 bridgehead atoms. The average molecular weight is 458 g/mol. The number of benzene rings is 3. The topological polar surface area (TPSA) is 72.4 Å². The summed E-state index contributed by atoms with van der Waals surface area (Å²) in [7, 11) is 3.12. The number of piperidine rings is 1. The molecule has 1 amide bonds. The van der Waals surface area contributed by atoms with Crippen LogP contribution in [0.1, 0.15) is 35.2 Å². The predicted octanol–water partition coefficient (Wildman–Crippen LogP) is 5.63. The molecule has 7 heteroatoms. The highest BCUT2D eigenvalue weighted by Crippen LogP contribution is 2.39. The lowest BCUT2D eigenvalue weighted by Gasteiger charge is -2.30. The van der Waals surface area contributed by atoms with E-state index in [9.17, 15) is 4.79 Å². The van der Waals surface area contributed by atoms with Crippen LogP contribution >= 0.6 is 0 Å². The molecule has 1 N–H and O–H groups in total. The smallest absolute Gasteiger partial charge is 0.255 e. The van der Waals surface area contributed by atoms with Crippen LogP contribution in [0.15, 0.2) is 65.7 Å². The Morgan fingerprint density at radius 3 is 2.38 bits per heavy atom. The number of hydrogen-bond acceptors (Lipinski definition) is 6. The largest absolute Gasteiger partial charge is 0.497 e. The quantitative estimate of drug-likeness (QED) is 0.550. The molecule has 3 aromatic carbocycles. The van der Waals surface area contributed by atoms with E-state index in [0.29, 0.717) is 22.7 Å². The minimum atomic E-state index is -0.258. The fraction of sp³-hybridized carbons (Fsp3) is 0.259. The predicted molar refractivity (Wildman–Crippen MR) is 132 cm³/mol. The summed E-state index contributed by atoms with van der Waals surface area (Å²) in [6.45, 7) is 1.89. The van der Waals surface area contributed by atoms with Gasteiger partial charge in [0.15, 0.2) is 5.75 Å². The lowest BCUT2D eigenvalue weighted by atomic mass is 10.1. The van der Waals surface area contributed by atoms with Crippen LogP contribution in [0.3, 0.4) is 0 Å². The van der Waals surface area contributed by atoms with Crippen molar-refractivity contribution in [1.29, 1.82) is 0 Å². The maximum absolute atomic E-state index is 13.1. The number of carbonyl (C=O) groups is 1. The molecule has 174 valence electrons. The summed E-state index contributed by atoms with van der Waals surface area (Å²) in [5.74, 6) is 3.16. The number of amidine groups is 1. The van der Waals surface area contributed by atoms with E-state index in [2.05, 4.69) is 10.2 Å². The van der Waals surface area contributed by atoms with Gasteiger partial charge in [-0.05, 0) is 61.7 Å². The first kappa shape index (κ1) is 21.8. The molecule has 3 aromatic rings. The van der Waals surface area contributed by atoms with Crippen molar-refractivity contribution in [3.05, 3.63) is 71.8 Å². The number of nitrogens with zero attached hydrogens (tertiary/aromatic N) is 2. The van der Waals surface area contributed by atoms with Crippen LogP contribution in [-0.4, -0.2) is 44.0 Å². The van der Waals surface area contributed by atoms with Gasteiger partial charge in [0.2, 0.25) is 0 Å². The standard InChI is InChI=1S/C27H27N3O4/c1-32-20-14-18(15-21(17-20)33-2)27(31)28-19-10-11-24-22(16-19)26(30-12-6-3-7-13-30)29-23-8-4-5-9-25(23)34-24/h4-5,8-11,14-17H,3,6-7,12-13H2,1-2H3,(H,28,31). The molecule has 1 fully saturated rings. The van der Waals surface area contributed by atoms with Crippen LogP contribution in [0.4, 0.5) is 11.4 Å². The molecule has 0 radical (unpaired) electrons. The highest BCUT2D eigenvalue weighted by Gasteiger charge is 2.24. The van der Waals surface area contributed by atoms with Crippen molar-refractivity contribution in [3.63, 3.8) is 0 Å². The Labute approximate surface area is 199 Å². The van der Waals surface area contributed by atoms with Gasteiger partial charge in [-0.3, -0.25) is 4.79 Å². The third-order valence-electron chi connectivity index (χ3n) is 6.06. The van der Waals surface area contributed by atoms with Crippen molar-refractivity contribution < 1.29 is 19.0 Å². The van der Waals surface area contributed by atoms with E-state index in [4.69, 9.17) is 19.2 Å². The molecule has 0 aromatic heterocycles. The van der Waals surface area contributed by atoms with Gasteiger partial charge in [0, 0.05) is 30.4 Å². The van der Waals surface area contributed by atoms with Crippen molar-refractivity contribution in [2.24, 2.45) is 4.99 Å². The molecule has 0 aliphatic carbocycles. The number of carbonyl (C=O) groups excluding carboxylic acids is 1. The molecule has 7 nitrogen and oxygen atoms in total. The fourth-order valence-electron chi connectivity index (χ4n) is 4.29. The van der Waals surface area contributed by atoms with Crippen LogP contribution in [0.5, 0.6) is 23.0 Å². The van der Waals surface area contributed by atoms with Gasteiger partial charge in [-0.2, -0.15) is 0 Å². The van der Waals surface area contributed by atoms with Crippen LogP contribution < -0.4 is 19.5 Å². The van der Waals surface area contributed by atoms with E-state index in [1.807, 2.05) is 42.5 Å². The van der Waals surface area contributed by atoms with Gasteiger partial charge < -0.3 is 24.4 Å². The number of likely N-dealkylation sites (tertiary alicyclic amines) is 1. The van der Waals surface area contributed by atoms with E-state index >= 15 is 0 Å². The summed E-state index contributed by atoms with van der Waals surface area (Å²) in [6.07, 6.45) is 3.49. The van der Waals surface area contributed by atoms with Crippen LogP contribution in [0, 0.1) is 0 Å². The number of para-hydroxylation sites is 2. The van der Waals surface area contributed by atoms with Crippen molar-refractivity contribution in [2.75, 3.05) is 32.6 Å². The molecule has 2 heterocycles. The molecule has 0 unspecified atom stereocenters. The second-order valence-corrected chi connectivity index (χ2v) is 8.32. The second-order valence-electron chi connectivity index (χ2n) is 8.32. The first-order chi connectivity index (χ1) is 16.6. The van der Waals surface area contributed by atoms with E-state index in [-0.39, 0.29) is 5.91 Å². The molecular formula is C27H27N3O4. The number of methoxy groups -OCH3 is 2. The number of hydrogen-bond donors (Lipinski definition) is 1. The minimum absolute atomic E-state index is 0.258. The van der Waals surface area contributed by atoms with Crippen LogP contribution in [0.2, 0.25) is 0 Å². The number of aliphatic imine (C=N–C) groups is 1. The first-order valence-corrected chi connectivity index (χ1v) is 11.4. The summed E-state index contributed by atoms with van der Waals surface area (Å²) in [4.78, 5) is 20.4. The number of anilines is 1. The molecule has 2 aliphatic heterocycles. The number of rotatable bonds is 4. The van der Waals surface area contributed by atoms with E-state index in [1.54, 1.807) is 32.4 Å². The summed E-state index contributed by atoms with van der Waals surface area (Å²) < 4.78 is 16.8. The minimum Gasteiger partial charge on any atom is -0.497 e. The Morgan fingerprint density at radius 2 is 1.65 bits per heavy atom. The van der Waals surface area contributed by atoms with Gasteiger partial charge >= 0.3 is 0 Å². The molecule has 1 saturated heterocycles. The van der Waals surface area contributed by atoms with Crippen LogP contribution in [0.25, 0.3) is 0 Å². The second kappa shape index (κ2) is 9.47. The Hall–Kier alpha value is -4.00. The van der Waals surface area contributed by atoms with Gasteiger partial charge in [0.1, 0.15) is 28.8 Å². The van der Waals surface area contributed by atoms with E-state index < -0.39 is 0 Å². The van der Waals surface area contributed by atoms with Crippen molar-refractivity contribution in [1.82, 2.24) is 4.90 Å². The lowest BCUT2D eigenvalue weighted by Crippen LogP contribution is -2.36. The molecule has 0 atom stereocenters. The SMILES string of the molecule is COc1cc(OC)cc(C(=O)Nc2ccc3c(c2)C(N2CCCCC2)=Nc2ccccc2O3)c1. The van der Waals surface area contributed by atoms with Crippen molar-refractivity contribution >= 4 is 23.1 Å². The molecule has 0 spiro atoms. The zero-order valence-electron chi connectivity index (χ0n) is 19.3. The highest BCUT2D eigenvalue weighted by molar-refractivity contribution is 6.07. The van der Waals surface area contributed by atoms with Gasteiger partial charge in [-0.25, -0.2) is 4.99 Å². The van der Waals surface area contributed by atoms with Crippen molar-refractivity contribution in [3.8, 4) is 23.0 Å².